The molecule has 1 aromatic rings. The summed E-state index contributed by atoms with van der Waals surface area (Å²) >= 11 is 5.72. The maximum atomic E-state index is 13.4. The van der Waals surface area contributed by atoms with Gasteiger partial charge in [-0.15, -0.1) is 0 Å². The van der Waals surface area contributed by atoms with Gasteiger partial charge in [0.15, 0.2) is 0 Å². The lowest BCUT2D eigenvalue weighted by Crippen LogP contribution is -2.45. The molecule has 0 aliphatic heterocycles. The van der Waals surface area contributed by atoms with Crippen LogP contribution in [0.1, 0.15) is 20.8 Å². The van der Waals surface area contributed by atoms with Gasteiger partial charge < -0.3 is 11.1 Å². The van der Waals surface area contributed by atoms with Crippen molar-refractivity contribution in [1.82, 2.24) is 0 Å². The van der Waals surface area contributed by atoms with E-state index < -0.39 is 17.8 Å². The lowest BCUT2D eigenvalue weighted by Gasteiger charge is -2.25. The second-order valence-corrected chi connectivity index (χ2v) is 5.39. The van der Waals surface area contributed by atoms with Crippen molar-refractivity contribution in [2.45, 2.75) is 26.8 Å². The molecule has 1 aromatic carbocycles. The van der Waals surface area contributed by atoms with E-state index in [0.29, 0.717) is 5.02 Å². The van der Waals surface area contributed by atoms with Crippen LogP contribution in [0.3, 0.4) is 0 Å². The number of carbonyl (C=O) groups is 1. The van der Waals surface area contributed by atoms with Gasteiger partial charge in [0.05, 0.1) is 11.7 Å². The monoisotopic (exact) mass is 258 g/mol. The van der Waals surface area contributed by atoms with Crippen LogP contribution in [0.2, 0.25) is 5.02 Å². The Bertz CT molecular complexity index is 429. The number of hydrogen-bond donors (Lipinski definition) is 2. The summed E-state index contributed by atoms with van der Waals surface area (Å²) in [5.74, 6) is -0.970. The molecule has 3 N–H and O–H groups in total. The predicted octanol–water partition coefficient (Wildman–Crippen LogP) is 2.79. The Morgan fingerprint density at radius 3 is 2.59 bits per heavy atom. The lowest BCUT2D eigenvalue weighted by atomic mass is 9.87. The number of benzene rings is 1. The lowest BCUT2D eigenvalue weighted by molar-refractivity contribution is -0.119. The molecule has 5 heteroatoms. The van der Waals surface area contributed by atoms with Crippen LogP contribution in [0.15, 0.2) is 18.2 Å². The minimum absolute atomic E-state index is 0.0437. The number of anilines is 1. The van der Waals surface area contributed by atoms with E-state index in [0.717, 1.165) is 0 Å². The third kappa shape index (κ3) is 3.68. The van der Waals surface area contributed by atoms with Crippen LogP contribution in [0.25, 0.3) is 0 Å². The Morgan fingerprint density at radius 2 is 2.06 bits per heavy atom. The zero-order valence-electron chi connectivity index (χ0n) is 10.1. The molecule has 1 rings (SSSR count). The van der Waals surface area contributed by atoms with Crippen molar-refractivity contribution in [3.05, 3.63) is 29.0 Å². The average Bonchev–Trinajstić information content (AvgIpc) is 2.21. The first kappa shape index (κ1) is 13.9. The number of amides is 1. The van der Waals surface area contributed by atoms with Crippen LogP contribution in [0.4, 0.5) is 10.1 Å². The average molecular weight is 259 g/mol. The van der Waals surface area contributed by atoms with E-state index in [4.69, 9.17) is 17.3 Å². The normalized spacial score (nSPS) is 13.3. The van der Waals surface area contributed by atoms with Gasteiger partial charge in [-0.05, 0) is 23.6 Å². The molecule has 94 valence electrons. The van der Waals surface area contributed by atoms with Gasteiger partial charge in [0.1, 0.15) is 5.82 Å². The first-order valence-electron chi connectivity index (χ1n) is 5.23. The van der Waals surface area contributed by atoms with E-state index in [2.05, 4.69) is 5.32 Å². The van der Waals surface area contributed by atoms with E-state index in [1.807, 2.05) is 20.8 Å². The molecule has 0 saturated carbocycles. The van der Waals surface area contributed by atoms with E-state index in [-0.39, 0.29) is 11.1 Å². The molecule has 0 aliphatic rings. The van der Waals surface area contributed by atoms with Crippen molar-refractivity contribution in [3.63, 3.8) is 0 Å². The summed E-state index contributed by atoms with van der Waals surface area (Å²) in [5.41, 5.74) is 5.42. The maximum Gasteiger partial charge on any atom is 0.241 e. The molecule has 1 atom stereocenters. The number of hydrogen-bond acceptors (Lipinski definition) is 2. The second kappa shape index (κ2) is 5.02. The molecule has 0 bridgehead atoms. The third-order valence-corrected chi connectivity index (χ3v) is 2.64. The fourth-order valence-corrected chi connectivity index (χ4v) is 1.37. The summed E-state index contributed by atoms with van der Waals surface area (Å²) < 4.78 is 13.4. The van der Waals surface area contributed by atoms with Crippen LogP contribution in [0.5, 0.6) is 0 Å². The van der Waals surface area contributed by atoms with E-state index >= 15 is 0 Å². The topological polar surface area (TPSA) is 55.1 Å². The van der Waals surface area contributed by atoms with Crippen LogP contribution in [-0.2, 0) is 4.79 Å². The molecule has 0 radical (unpaired) electrons. The minimum atomic E-state index is -0.721. The first-order valence-corrected chi connectivity index (χ1v) is 5.61. The SMILES string of the molecule is CC(C)(C)[C@H](N)C(=O)Nc1cc(Cl)ccc1F. The second-order valence-electron chi connectivity index (χ2n) is 4.96. The summed E-state index contributed by atoms with van der Waals surface area (Å²) in [6, 6.07) is 3.24. The molecule has 0 unspecified atom stereocenters. The summed E-state index contributed by atoms with van der Waals surface area (Å²) in [7, 11) is 0. The van der Waals surface area contributed by atoms with Gasteiger partial charge in [0.25, 0.3) is 0 Å². The molecule has 0 aromatic heterocycles. The molecule has 1 amide bonds. The van der Waals surface area contributed by atoms with Gasteiger partial charge in [-0.25, -0.2) is 4.39 Å². The fraction of sp³-hybridized carbons (Fsp3) is 0.417. The van der Waals surface area contributed by atoms with Crippen LogP contribution in [-0.4, -0.2) is 11.9 Å². The Morgan fingerprint density at radius 1 is 1.47 bits per heavy atom. The highest BCUT2D eigenvalue weighted by molar-refractivity contribution is 6.30. The van der Waals surface area contributed by atoms with Crippen molar-refractivity contribution >= 4 is 23.2 Å². The van der Waals surface area contributed by atoms with Gasteiger partial charge in [-0.2, -0.15) is 0 Å². The Balaban J connectivity index is 2.85. The molecular weight excluding hydrogens is 243 g/mol. The molecule has 0 saturated heterocycles. The molecule has 17 heavy (non-hydrogen) atoms. The van der Waals surface area contributed by atoms with E-state index in [9.17, 15) is 9.18 Å². The molecular formula is C12H16ClFN2O. The van der Waals surface area contributed by atoms with Crippen LogP contribution < -0.4 is 11.1 Å². The standard InChI is InChI=1S/C12H16ClFN2O/c1-12(2,3)10(15)11(17)16-9-6-7(13)4-5-8(9)14/h4-6,10H,15H2,1-3H3,(H,16,17)/t10-/m1/s1. The Kier molecular flexibility index (Phi) is 4.11. The molecule has 0 heterocycles. The number of carbonyl (C=O) groups excluding carboxylic acids is 1. The van der Waals surface area contributed by atoms with Gasteiger partial charge in [-0.1, -0.05) is 32.4 Å². The van der Waals surface area contributed by atoms with Crippen molar-refractivity contribution in [2.24, 2.45) is 11.1 Å². The summed E-state index contributed by atoms with van der Waals surface area (Å²) in [6.45, 7) is 5.52. The Hall–Kier alpha value is -1.13. The summed E-state index contributed by atoms with van der Waals surface area (Å²) in [4.78, 5) is 11.8. The van der Waals surface area contributed by atoms with Gasteiger partial charge in [0.2, 0.25) is 5.91 Å². The minimum Gasteiger partial charge on any atom is -0.322 e. The Labute approximate surface area is 105 Å². The predicted molar refractivity (Wildman–Crippen MR) is 67.5 cm³/mol. The number of nitrogens with two attached hydrogens (primary N) is 1. The molecule has 0 spiro atoms. The molecule has 3 nitrogen and oxygen atoms in total. The quantitative estimate of drug-likeness (QED) is 0.857. The van der Waals surface area contributed by atoms with E-state index in [1.54, 1.807) is 0 Å². The maximum absolute atomic E-state index is 13.4. The molecule has 0 aliphatic carbocycles. The van der Waals surface area contributed by atoms with Crippen molar-refractivity contribution in [2.75, 3.05) is 5.32 Å². The van der Waals surface area contributed by atoms with E-state index in [1.165, 1.54) is 18.2 Å². The molecule has 0 fully saturated rings. The van der Waals surface area contributed by atoms with Crippen LogP contribution in [0, 0.1) is 11.2 Å². The van der Waals surface area contributed by atoms with Crippen molar-refractivity contribution in [3.8, 4) is 0 Å². The highest BCUT2D eigenvalue weighted by atomic mass is 35.5. The fourth-order valence-electron chi connectivity index (χ4n) is 1.20. The number of halogens is 2. The van der Waals surface area contributed by atoms with Gasteiger partial charge in [0, 0.05) is 5.02 Å². The third-order valence-electron chi connectivity index (χ3n) is 2.40. The number of nitrogens with one attached hydrogen (secondary N) is 1. The zero-order valence-corrected chi connectivity index (χ0v) is 10.8. The highest BCUT2D eigenvalue weighted by Gasteiger charge is 2.27. The number of rotatable bonds is 2. The van der Waals surface area contributed by atoms with Gasteiger partial charge >= 0.3 is 0 Å². The van der Waals surface area contributed by atoms with Crippen molar-refractivity contribution in [1.29, 1.82) is 0 Å². The first-order chi connectivity index (χ1) is 7.71. The van der Waals surface area contributed by atoms with Crippen molar-refractivity contribution < 1.29 is 9.18 Å². The smallest absolute Gasteiger partial charge is 0.241 e. The van der Waals surface area contributed by atoms with Gasteiger partial charge in [-0.3, -0.25) is 4.79 Å². The summed E-state index contributed by atoms with van der Waals surface area (Å²) in [6.07, 6.45) is 0. The highest BCUT2D eigenvalue weighted by Crippen LogP contribution is 2.22. The largest absolute Gasteiger partial charge is 0.322 e. The summed E-state index contributed by atoms with van der Waals surface area (Å²) in [5, 5.41) is 2.79. The van der Waals surface area contributed by atoms with Crippen LogP contribution >= 0.6 is 11.6 Å². The zero-order chi connectivity index (χ0) is 13.2.